The molecule has 0 fully saturated rings. The highest BCUT2D eigenvalue weighted by Crippen LogP contribution is 2.57. The van der Waals surface area contributed by atoms with Crippen molar-refractivity contribution in [1.82, 2.24) is 5.32 Å². The number of carbonyl (C=O) groups is 5. The highest BCUT2D eigenvalue weighted by atomic mass is 16.6. The maximum Gasteiger partial charge on any atom is 0.412 e. The summed E-state index contributed by atoms with van der Waals surface area (Å²) in [6, 6.07) is 14.4. The number of hydrogen-bond acceptors (Lipinski definition) is 9. The first-order valence-corrected chi connectivity index (χ1v) is 16.3. The number of aliphatic carboxylic acids is 1. The normalized spacial score (nSPS) is 13.9. The predicted octanol–water partition coefficient (Wildman–Crippen LogP) is 7.32. The van der Waals surface area contributed by atoms with Crippen LogP contribution in [-0.2, 0) is 24.6 Å². The highest BCUT2D eigenvalue weighted by Gasteiger charge is 2.54. The van der Waals surface area contributed by atoms with Crippen LogP contribution >= 0.6 is 0 Å². The summed E-state index contributed by atoms with van der Waals surface area (Å²) in [5.74, 6) is -1.35. The molecule has 5 rings (SSSR count). The Bertz CT molecular complexity index is 1780. The molecule has 0 saturated carbocycles. The van der Waals surface area contributed by atoms with Gasteiger partial charge in [-0.3, -0.25) is 20.2 Å². The quantitative estimate of drug-likeness (QED) is 0.101. The van der Waals surface area contributed by atoms with E-state index in [0.717, 1.165) is 0 Å². The fourth-order valence-corrected chi connectivity index (χ4v) is 5.74. The van der Waals surface area contributed by atoms with Gasteiger partial charge in [-0.15, -0.1) is 0 Å². The molecule has 2 aliphatic heterocycles. The number of carbonyl (C=O) groups excluding carboxylic acids is 4. The predicted molar refractivity (Wildman–Crippen MR) is 183 cm³/mol. The first kappa shape index (κ1) is 35.7. The Morgan fingerprint density at radius 1 is 0.740 bits per heavy atom. The van der Waals surface area contributed by atoms with Crippen molar-refractivity contribution >= 4 is 41.4 Å². The zero-order valence-corrected chi connectivity index (χ0v) is 28.9. The molecule has 0 radical (unpaired) electrons. The molecule has 264 valence electrons. The summed E-state index contributed by atoms with van der Waals surface area (Å²) < 4.78 is 23.4. The van der Waals surface area contributed by atoms with E-state index in [2.05, 4.69) is 16.0 Å². The molecule has 0 unspecified atom stereocenters. The topological polar surface area (TPSA) is 179 Å². The van der Waals surface area contributed by atoms with E-state index >= 15 is 0 Å². The molecule has 50 heavy (non-hydrogen) atoms. The molecule has 3 amide bonds. The second-order valence-electron chi connectivity index (χ2n) is 14.1. The van der Waals surface area contributed by atoms with Gasteiger partial charge in [0.15, 0.2) is 5.60 Å². The van der Waals surface area contributed by atoms with E-state index in [4.69, 9.17) is 24.1 Å². The molecule has 1 spiro atoms. The number of hydrogen-bond donors (Lipinski definition) is 4. The lowest BCUT2D eigenvalue weighted by molar-refractivity contribution is -0.137. The minimum Gasteiger partial charge on any atom is -0.481 e. The monoisotopic (exact) mass is 687 g/mol. The van der Waals surface area contributed by atoms with E-state index in [-0.39, 0.29) is 35.0 Å². The van der Waals surface area contributed by atoms with Gasteiger partial charge in [0.1, 0.15) is 22.7 Å². The Hall–Kier alpha value is -5.59. The number of benzene rings is 3. The molecule has 4 N–H and O–H groups in total. The van der Waals surface area contributed by atoms with Crippen molar-refractivity contribution in [1.29, 1.82) is 0 Å². The van der Waals surface area contributed by atoms with Gasteiger partial charge in [0.2, 0.25) is 0 Å². The largest absolute Gasteiger partial charge is 0.481 e. The van der Waals surface area contributed by atoms with E-state index in [9.17, 15) is 24.0 Å². The van der Waals surface area contributed by atoms with E-state index < -0.39 is 40.9 Å². The molecule has 0 saturated heterocycles. The summed E-state index contributed by atoms with van der Waals surface area (Å²) in [6.07, 6.45) is 0.471. The molecule has 0 bridgehead atoms. The Morgan fingerprint density at radius 2 is 1.30 bits per heavy atom. The number of carboxylic acid groups (broad SMARTS) is 1. The molecular weight excluding hydrogens is 646 g/mol. The van der Waals surface area contributed by atoms with Crippen molar-refractivity contribution in [3.05, 3.63) is 82.4 Å². The van der Waals surface area contributed by atoms with Crippen LogP contribution < -0.4 is 20.7 Å². The van der Waals surface area contributed by atoms with Crippen LogP contribution in [0.4, 0.5) is 21.0 Å². The van der Waals surface area contributed by atoms with E-state index in [1.165, 1.54) is 0 Å². The van der Waals surface area contributed by atoms with Crippen molar-refractivity contribution in [3.63, 3.8) is 0 Å². The van der Waals surface area contributed by atoms with E-state index in [1.54, 1.807) is 96.1 Å². The SMILES string of the molecule is CC(C)(C)OC(=O)Nc1ccc2c(c1)Oc1cc(NC(=O)OC(C)(C)C)ccc1C21OC(=O)c2ccc(C(=O)NCCCCCC(=O)O)cc21. The van der Waals surface area contributed by atoms with Crippen molar-refractivity contribution in [3.8, 4) is 11.5 Å². The van der Waals surface area contributed by atoms with Gasteiger partial charge in [0, 0.05) is 58.7 Å². The van der Waals surface area contributed by atoms with Crippen LogP contribution in [0.5, 0.6) is 11.5 Å². The van der Waals surface area contributed by atoms with Crippen molar-refractivity contribution < 1.29 is 48.0 Å². The molecule has 3 aromatic carbocycles. The maximum atomic E-state index is 13.5. The fraction of sp³-hybridized carbons (Fsp3) is 0.378. The summed E-state index contributed by atoms with van der Waals surface area (Å²) in [6.45, 7) is 10.8. The van der Waals surface area contributed by atoms with Gasteiger partial charge in [-0.2, -0.15) is 0 Å². The third-order valence-corrected chi connectivity index (χ3v) is 7.71. The second kappa shape index (κ2) is 13.7. The number of amides is 3. The lowest BCUT2D eigenvalue weighted by atomic mass is 9.77. The van der Waals surface area contributed by atoms with E-state index in [0.29, 0.717) is 53.9 Å². The number of rotatable bonds is 9. The third-order valence-electron chi connectivity index (χ3n) is 7.71. The van der Waals surface area contributed by atoms with Gasteiger partial charge in [-0.25, -0.2) is 14.4 Å². The summed E-state index contributed by atoms with van der Waals surface area (Å²) in [7, 11) is 0. The van der Waals surface area contributed by atoms with Crippen molar-refractivity contribution in [2.75, 3.05) is 17.2 Å². The van der Waals surface area contributed by atoms with Gasteiger partial charge in [0.25, 0.3) is 5.91 Å². The third kappa shape index (κ3) is 7.99. The first-order valence-electron chi connectivity index (χ1n) is 16.3. The lowest BCUT2D eigenvalue weighted by Gasteiger charge is -2.37. The highest BCUT2D eigenvalue weighted by molar-refractivity contribution is 6.01. The first-order chi connectivity index (χ1) is 23.4. The molecule has 2 heterocycles. The Labute approximate surface area is 289 Å². The maximum absolute atomic E-state index is 13.5. The molecule has 0 aromatic heterocycles. The van der Waals surface area contributed by atoms with Crippen LogP contribution in [0.15, 0.2) is 54.6 Å². The lowest BCUT2D eigenvalue weighted by Crippen LogP contribution is -2.34. The minimum absolute atomic E-state index is 0.0681. The molecule has 2 aliphatic rings. The summed E-state index contributed by atoms with van der Waals surface area (Å²) in [5.41, 5.74) is -0.509. The molecule has 13 nitrogen and oxygen atoms in total. The zero-order chi connectivity index (χ0) is 36.4. The Kier molecular flexibility index (Phi) is 9.81. The van der Waals surface area contributed by atoms with Crippen LogP contribution in [0.3, 0.4) is 0 Å². The summed E-state index contributed by atoms with van der Waals surface area (Å²) in [5, 5.41) is 17.1. The van der Waals surface area contributed by atoms with Crippen LogP contribution in [0.1, 0.15) is 105 Å². The van der Waals surface area contributed by atoms with Gasteiger partial charge in [-0.05, 0) is 96.8 Å². The smallest absolute Gasteiger partial charge is 0.412 e. The number of carboxylic acids is 1. The van der Waals surface area contributed by atoms with Crippen LogP contribution in [0, 0.1) is 0 Å². The Morgan fingerprint density at radius 3 is 1.82 bits per heavy atom. The average Bonchev–Trinajstić information content (AvgIpc) is 3.28. The summed E-state index contributed by atoms with van der Waals surface area (Å²) >= 11 is 0. The van der Waals surface area contributed by atoms with Gasteiger partial charge >= 0.3 is 24.1 Å². The molecule has 3 aromatic rings. The van der Waals surface area contributed by atoms with Crippen LogP contribution in [0.25, 0.3) is 0 Å². The van der Waals surface area contributed by atoms with Gasteiger partial charge in [-0.1, -0.05) is 6.42 Å². The van der Waals surface area contributed by atoms with Crippen LogP contribution in [0.2, 0.25) is 0 Å². The average molecular weight is 688 g/mol. The van der Waals surface area contributed by atoms with Gasteiger partial charge < -0.3 is 29.4 Å². The number of anilines is 2. The zero-order valence-electron chi connectivity index (χ0n) is 28.9. The fourth-order valence-electron chi connectivity index (χ4n) is 5.74. The van der Waals surface area contributed by atoms with Crippen molar-refractivity contribution in [2.24, 2.45) is 0 Å². The molecule has 0 atom stereocenters. The van der Waals surface area contributed by atoms with Gasteiger partial charge in [0.05, 0.1) is 5.56 Å². The Balaban J connectivity index is 1.53. The number of unbranched alkanes of at least 4 members (excludes halogenated alkanes) is 2. The summed E-state index contributed by atoms with van der Waals surface area (Å²) in [4.78, 5) is 62.7. The molecular formula is C37H41N3O10. The number of fused-ring (bicyclic) bond motifs is 6. The second-order valence-corrected chi connectivity index (χ2v) is 14.1. The van der Waals surface area contributed by atoms with Crippen LogP contribution in [-0.4, -0.2) is 52.9 Å². The number of ether oxygens (including phenoxy) is 4. The van der Waals surface area contributed by atoms with Crippen molar-refractivity contribution in [2.45, 2.75) is 84.0 Å². The number of nitrogens with one attached hydrogen (secondary N) is 3. The number of esters is 1. The standard InChI is InChI=1S/C37H41N3O10/c1-35(2,3)49-33(45)39-22-12-15-25-28(19-22)47-29-20-23(40-34(46)50-36(4,5)6)13-16-26(29)37(25)27-18-21(11-14-24(27)32(44)48-37)31(43)38-17-9-7-8-10-30(41)42/h11-16,18-20H,7-10,17H2,1-6H3,(H,38,43)(H,39,45)(H,40,46)(H,41,42). The van der Waals surface area contributed by atoms with E-state index in [1.807, 2.05) is 0 Å². The molecule has 13 heteroatoms. The molecule has 0 aliphatic carbocycles. The minimum atomic E-state index is -1.56.